The van der Waals surface area contributed by atoms with Gasteiger partial charge in [0.1, 0.15) is 0 Å². The van der Waals surface area contributed by atoms with Crippen LogP contribution in [-0.2, 0) is 6.54 Å². The van der Waals surface area contributed by atoms with E-state index in [1.807, 2.05) is 6.20 Å². The summed E-state index contributed by atoms with van der Waals surface area (Å²) in [5, 5.41) is 14.5. The molecule has 0 bridgehead atoms. The van der Waals surface area contributed by atoms with E-state index in [1.165, 1.54) is 17.7 Å². The van der Waals surface area contributed by atoms with Crippen molar-refractivity contribution in [2.24, 2.45) is 5.92 Å². The molecule has 1 aromatic heterocycles. The molecule has 1 aliphatic rings. The minimum Gasteiger partial charge on any atom is -0.393 e. The second-order valence-electron chi connectivity index (χ2n) is 5.52. The highest BCUT2D eigenvalue weighted by Gasteiger charge is 2.22. The molecule has 1 saturated carbocycles. The van der Waals surface area contributed by atoms with Crippen LogP contribution in [0, 0.1) is 5.92 Å². The Hall–Kier alpha value is -0.650. The summed E-state index contributed by atoms with van der Waals surface area (Å²) in [7, 11) is 0. The van der Waals surface area contributed by atoms with E-state index in [-0.39, 0.29) is 6.10 Å². The first kappa shape index (κ1) is 15.7. The molecule has 1 heterocycles. The summed E-state index contributed by atoms with van der Waals surface area (Å²) in [6, 6.07) is 0. The molecule has 5 heteroatoms. The Balaban J connectivity index is 1.76. The lowest BCUT2D eigenvalue weighted by Gasteiger charge is -2.27. The molecule has 1 aliphatic carbocycles. The zero-order chi connectivity index (χ0) is 14.4. The molecule has 0 radical (unpaired) electrons. The van der Waals surface area contributed by atoms with E-state index in [0.29, 0.717) is 5.92 Å². The lowest BCUT2D eigenvalue weighted by molar-refractivity contribution is 0.0695. The quantitative estimate of drug-likeness (QED) is 0.812. The predicted molar refractivity (Wildman–Crippen MR) is 85.3 cm³/mol. The van der Waals surface area contributed by atoms with Crippen molar-refractivity contribution >= 4 is 16.5 Å². The van der Waals surface area contributed by atoms with Crippen molar-refractivity contribution in [2.45, 2.75) is 52.2 Å². The molecule has 0 aliphatic heterocycles. The molecule has 4 nitrogen and oxygen atoms in total. The normalized spacial score (nSPS) is 22.9. The van der Waals surface area contributed by atoms with Gasteiger partial charge in [0.25, 0.3) is 0 Å². The summed E-state index contributed by atoms with van der Waals surface area (Å²) in [4.78, 5) is 8.05. The van der Waals surface area contributed by atoms with Crippen LogP contribution >= 0.6 is 11.3 Å². The highest BCUT2D eigenvalue weighted by Crippen LogP contribution is 2.25. The van der Waals surface area contributed by atoms with Crippen LogP contribution in [0.4, 0.5) is 5.13 Å². The van der Waals surface area contributed by atoms with Crippen molar-refractivity contribution in [3.63, 3.8) is 0 Å². The minimum atomic E-state index is -0.107. The van der Waals surface area contributed by atoms with Crippen molar-refractivity contribution in [3.8, 4) is 0 Å². The number of hydrogen-bond donors (Lipinski definition) is 2. The first-order valence-corrected chi connectivity index (χ1v) is 8.64. The van der Waals surface area contributed by atoms with Crippen LogP contribution in [0.2, 0.25) is 0 Å². The summed E-state index contributed by atoms with van der Waals surface area (Å²) in [6.07, 6.45) is 6.43. The van der Waals surface area contributed by atoms with Gasteiger partial charge in [0.15, 0.2) is 5.13 Å². The maximum absolute atomic E-state index is 9.95. The average molecular weight is 297 g/mol. The van der Waals surface area contributed by atoms with Crippen LogP contribution in [0.3, 0.4) is 0 Å². The number of aromatic nitrogens is 1. The van der Waals surface area contributed by atoms with E-state index in [2.05, 4.69) is 29.0 Å². The molecule has 2 N–H and O–H groups in total. The van der Waals surface area contributed by atoms with Gasteiger partial charge < -0.3 is 15.3 Å². The second-order valence-corrected chi connectivity index (χ2v) is 6.62. The Morgan fingerprint density at radius 3 is 2.80 bits per heavy atom. The molecule has 20 heavy (non-hydrogen) atoms. The van der Waals surface area contributed by atoms with Crippen LogP contribution < -0.4 is 10.2 Å². The van der Waals surface area contributed by atoms with E-state index < -0.39 is 0 Å². The number of aliphatic hydroxyl groups excluding tert-OH is 1. The fourth-order valence-electron chi connectivity index (χ4n) is 2.83. The predicted octanol–water partition coefficient (Wildman–Crippen LogP) is 2.63. The van der Waals surface area contributed by atoms with Gasteiger partial charge in [0.05, 0.1) is 6.10 Å². The topological polar surface area (TPSA) is 48.4 Å². The van der Waals surface area contributed by atoms with Crippen molar-refractivity contribution in [1.29, 1.82) is 0 Å². The number of anilines is 1. The molecule has 0 saturated heterocycles. The van der Waals surface area contributed by atoms with Gasteiger partial charge in [-0.25, -0.2) is 4.98 Å². The van der Waals surface area contributed by atoms with Gasteiger partial charge >= 0.3 is 0 Å². The van der Waals surface area contributed by atoms with Crippen LogP contribution in [0.15, 0.2) is 6.20 Å². The van der Waals surface area contributed by atoms with E-state index in [0.717, 1.165) is 44.2 Å². The Labute approximate surface area is 126 Å². The second kappa shape index (κ2) is 7.96. The molecule has 1 fully saturated rings. The van der Waals surface area contributed by atoms with Gasteiger partial charge in [-0.05, 0) is 32.6 Å². The monoisotopic (exact) mass is 297 g/mol. The Kier molecular flexibility index (Phi) is 6.26. The zero-order valence-electron chi connectivity index (χ0n) is 12.6. The molecule has 2 unspecified atom stereocenters. The number of nitrogens with one attached hydrogen (secondary N) is 1. The zero-order valence-corrected chi connectivity index (χ0v) is 13.5. The fourth-order valence-corrected chi connectivity index (χ4v) is 3.83. The molecule has 2 atom stereocenters. The number of aliphatic hydroxyl groups is 1. The summed E-state index contributed by atoms with van der Waals surface area (Å²) in [5.41, 5.74) is 0. The molecule has 0 amide bonds. The lowest BCUT2D eigenvalue weighted by atomic mass is 9.86. The smallest absolute Gasteiger partial charge is 0.185 e. The summed E-state index contributed by atoms with van der Waals surface area (Å²) in [5.74, 6) is 0.430. The van der Waals surface area contributed by atoms with E-state index in [4.69, 9.17) is 0 Å². The Morgan fingerprint density at radius 1 is 1.35 bits per heavy atom. The first-order chi connectivity index (χ1) is 9.74. The maximum atomic E-state index is 9.95. The number of rotatable bonds is 7. The van der Waals surface area contributed by atoms with Gasteiger partial charge in [-0.3, -0.25) is 0 Å². The molecule has 2 rings (SSSR count). The molecule has 1 aromatic rings. The van der Waals surface area contributed by atoms with Crippen LogP contribution in [0.25, 0.3) is 0 Å². The number of thiazole rings is 1. The Bertz CT molecular complexity index is 392. The SMILES string of the molecule is CCN(CC)c1ncc(CNCC2CCCCC2O)s1. The van der Waals surface area contributed by atoms with Crippen molar-refractivity contribution in [1.82, 2.24) is 10.3 Å². The van der Waals surface area contributed by atoms with Gasteiger partial charge in [-0.2, -0.15) is 0 Å². The summed E-state index contributed by atoms with van der Waals surface area (Å²) >= 11 is 1.77. The van der Waals surface area contributed by atoms with Crippen LogP contribution in [0.1, 0.15) is 44.4 Å². The molecular weight excluding hydrogens is 270 g/mol. The minimum absolute atomic E-state index is 0.107. The third kappa shape index (κ3) is 4.17. The number of hydrogen-bond acceptors (Lipinski definition) is 5. The van der Waals surface area contributed by atoms with Gasteiger partial charge in [-0.15, -0.1) is 11.3 Å². The Morgan fingerprint density at radius 2 is 2.10 bits per heavy atom. The van der Waals surface area contributed by atoms with Crippen molar-refractivity contribution < 1.29 is 5.11 Å². The molecular formula is C15H27N3OS. The third-order valence-electron chi connectivity index (χ3n) is 4.15. The third-order valence-corrected chi connectivity index (χ3v) is 5.21. The average Bonchev–Trinajstić information content (AvgIpc) is 2.91. The van der Waals surface area contributed by atoms with Gasteiger partial charge in [0, 0.05) is 37.3 Å². The van der Waals surface area contributed by atoms with E-state index >= 15 is 0 Å². The fraction of sp³-hybridized carbons (Fsp3) is 0.800. The van der Waals surface area contributed by atoms with Gasteiger partial charge in [0.2, 0.25) is 0 Å². The van der Waals surface area contributed by atoms with Gasteiger partial charge in [-0.1, -0.05) is 12.8 Å². The standard InChI is InChI=1S/C15H27N3OS/c1-3-18(4-2)15-17-11-13(20-15)10-16-9-12-7-5-6-8-14(12)19/h11-12,14,16,19H,3-10H2,1-2H3. The summed E-state index contributed by atoms with van der Waals surface area (Å²) < 4.78 is 0. The lowest BCUT2D eigenvalue weighted by Crippen LogP contribution is -2.33. The first-order valence-electron chi connectivity index (χ1n) is 7.83. The van der Waals surface area contributed by atoms with Crippen LogP contribution in [-0.4, -0.2) is 35.8 Å². The largest absolute Gasteiger partial charge is 0.393 e. The van der Waals surface area contributed by atoms with Crippen molar-refractivity contribution in [3.05, 3.63) is 11.1 Å². The summed E-state index contributed by atoms with van der Waals surface area (Å²) in [6.45, 7) is 8.11. The number of nitrogens with zero attached hydrogens (tertiary/aromatic N) is 2. The molecule has 0 spiro atoms. The van der Waals surface area contributed by atoms with E-state index in [9.17, 15) is 5.11 Å². The highest BCUT2D eigenvalue weighted by atomic mass is 32.1. The van der Waals surface area contributed by atoms with Crippen molar-refractivity contribution in [2.75, 3.05) is 24.5 Å². The molecule has 0 aromatic carbocycles. The molecule has 114 valence electrons. The maximum Gasteiger partial charge on any atom is 0.185 e. The highest BCUT2D eigenvalue weighted by molar-refractivity contribution is 7.15. The van der Waals surface area contributed by atoms with E-state index in [1.54, 1.807) is 11.3 Å². The van der Waals surface area contributed by atoms with Crippen LogP contribution in [0.5, 0.6) is 0 Å².